The molecular formula is C18H15FN2O2. The Morgan fingerprint density at radius 1 is 1.04 bits per heavy atom. The molecule has 4 nitrogen and oxygen atoms in total. The van der Waals surface area contributed by atoms with Gasteiger partial charge in [-0.2, -0.15) is 0 Å². The van der Waals surface area contributed by atoms with E-state index in [1.807, 2.05) is 19.3 Å². The molecule has 0 aliphatic heterocycles. The fraction of sp³-hybridized carbons (Fsp3) is 0.0556. The summed E-state index contributed by atoms with van der Waals surface area (Å²) in [5.41, 5.74) is 1.23. The van der Waals surface area contributed by atoms with Gasteiger partial charge in [-0.15, -0.1) is 0 Å². The highest BCUT2D eigenvalue weighted by molar-refractivity contribution is 6.03. The van der Waals surface area contributed by atoms with Gasteiger partial charge in [-0.1, -0.05) is 6.07 Å². The number of hydrogen-bond acceptors (Lipinski definition) is 2. The summed E-state index contributed by atoms with van der Waals surface area (Å²) >= 11 is 0. The van der Waals surface area contributed by atoms with Crippen molar-refractivity contribution in [2.24, 2.45) is 7.05 Å². The lowest BCUT2D eigenvalue weighted by Gasteiger charge is -2.08. The summed E-state index contributed by atoms with van der Waals surface area (Å²) in [5.74, 6) is 0.448. The second-order valence-corrected chi connectivity index (χ2v) is 5.04. The van der Waals surface area contributed by atoms with Gasteiger partial charge < -0.3 is 14.6 Å². The number of nitrogens with zero attached hydrogens (tertiary/aromatic N) is 1. The van der Waals surface area contributed by atoms with Crippen molar-refractivity contribution in [1.29, 1.82) is 0 Å². The maximum absolute atomic E-state index is 13.1. The standard InChI is InChI=1S/C18H15FN2O2/c1-21-11-3-6-17(21)18(22)20-14-7-9-15(10-8-14)23-16-5-2-4-13(19)12-16/h2-12H,1H3,(H,20,22). The molecule has 0 saturated heterocycles. The second-order valence-electron chi connectivity index (χ2n) is 5.04. The number of halogens is 1. The van der Waals surface area contributed by atoms with E-state index in [0.717, 1.165) is 0 Å². The average molecular weight is 310 g/mol. The van der Waals surface area contributed by atoms with Gasteiger partial charge in [0.1, 0.15) is 23.0 Å². The number of carbonyl (C=O) groups excluding carboxylic acids is 1. The van der Waals surface area contributed by atoms with Crippen molar-refractivity contribution in [3.05, 3.63) is 78.4 Å². The van der Waals surface area contributed by atoms with Gasteiger partial charge in [0.15, 0.2) is 0 Å². The van der Waals surface area contributed by atoms with Crippen LogP contribution >= 0.6 is 0 Å². The van der Waals surface area contributed by atoms with Gasteiger partial charge in [-0.05, 0) is 48.5 Å². The predicted octanol–water partition coefficient (Wildman–Crippen LogP) is 4.21. The molecule has 1 amide bonds. The minimum atomic E-state index is -0.353. The SMILES string of the molecule is Cn1cccc1C(=O)Nc1ccc(Oc2cccc(F)c2)cc1. The molecule has 1 heterocycles. The lowest BCUT2D eigenvalue weighted by molar-refractivity contribution is 0.101. The first-order chi connectivity index (χ1) is 11.1. The number of nitrogens with one attached hydrogen (secondary N) is 1. The van der Waals surface area contributed by atoms with Crippen LogP contribution in [0.3, 0.4) is 0 Å². The normalized spacial score (nSPS) is 10.3. The first kappa shape index (κ1) is 14.8. The Morgan fingerprint density at radius 3 is 2.48 bits per heavy atom. The fourth-order valence-electron chi connectivity index (χ4n) is 2.17. The highest BCUT2D eigenvalue weighted by Gasteiger charge is 2.09. The first-order valence-electron chi connectivity index (χ1n) is 7.08. The summed E-state index contributed by atoms with van der Waals surface area (Å²) in [6.45, 7) is 0. The molecule has 3 aromatic rings. The molecule has 116 valence electrons. The number of aromatic nitrogens is 1. The van der Waals surface area contributed by atoms with Crippen molar-refractivity contribution in [1.82, 2.24) is 4.57 Å². The smallest absolute Gasteiger partial charge is 0.272 e. The molecule has 2 aromatic carbocycles. The number of benzene rings is 2. The van der Waals surface area contributed by atoms with Crippen molar-refractivity contribution in [2.45, 2.75) is 0 Å². The van der Waals surface area contributed by atoms with Crippen LogP contribution in [0.4, 0.5) is 10.1 Å². The molecule has 0 aliphatic carbocycles. The molecule has 0 bridgehead atoms. The zero-order chi connectivity index (χ0) is 16.2. The summed E-state index contributed by atoms with van der Waals surface area (Å²) in [7, 11) is 1.81. The Kier molecular flexibility index (Phi) is 4.10. The number of anilines is 1. The molecule has 0 saturated carbocycles. The van der Waals surface area contributed by atoms with Crippen LogP contribution in [0.5, 0.6) is 11.5 Å². The van der Waals surface area contributed by atoms with E-state index in [2.05, 4.69) is 5.32 Å². The monoisotopic (exact) mass is 310 g/mol. The van der Waals surface area contributed by atoms with E-state index < -0.39 is 0 Å². The Labute approximate surface area is 133 Å². The van der Waals surface area contributed by atoms with Crippen molar-refractivity contribution in [2.75, 3.05) is 5.32 Å². The molecule has 3 rings (SSSR count). The molecule has 0 fully saturated rings. The Balaban J connectivity index is 1.67. The zero-order valence-electron chi connectivity index (χ0n) is 12.5. The van der Waals surface area contributed by atoms with E-state index in [-0.39, 0.29) is 11.7 Å². The van der Waals surface area contributed by atoms with E-state index in [0.29, 0.717) is 22.9 Å². The van der Waals surface area contributed by atoms with Crippen molar-refractivity contribution < 1.29 is 13.9 Å². The molecular weight excluding hydrogens is 295 g/mol. The molecule has 1 aromatic heterocycles. The minimum Gasteiger partial charge on any atom is -0.457 e. The van der Waals surface area contributed by atoms with Crippen molar-refractivity contribution in [3.8, 4) is 11.5 Å². The van der Waals surface area contributed by atoms with Gasteiger partial charge in [0, 0.05) is 25.0 Å². The van der Waals surface area contributed by atoms with Gasteiger partial charge >= 0.3 is 0 Å². The van der Waals surface area contributed by atoms with Crippen molar-refractivity contribution >= 4 is 11.6 Å². The fourth-order valence-corrected chi connectivity index (χ4v) is 2.17. The van der Waals surface area contributed by atoms with Gasteiger partial charge in [-0.25, -0.2) is 4.39 Å². The summed E-state index contributed by atoms with van der Waals surface area (Å²) < 4.78 is 20.4. The topological polar surface area (TPSA) is 43.3 Å². The molecule has 0 radical (unpaired) electrons. The number of carbonyl (C=O) groups is 1. The van der Waals surface area contributed by atoms with Crippen LogP contribution in [0.1, 0.15) is 10.5 Å². The average Bonchev–Trinajstić information content (AvgIpc) is 2.95. The Bertz CT molecular complexity index is 825. The third kappa shape index (κ3) is 3.58. The lowest BCUT2D eigenvalue weighted by atomic mass is 10.3. The number of hydrogen-bond donors (Lipinski definition) is 1. The first-order valence-corrected chi connectivity index (χ1v) is 7.08. The van der Waals surface area contributed by atoms with Crippen LogP contribution in [0.15, 0.2) is 66.9 Å². The van der Waals surface area contributed by atoms with E-state index in [1.165, 1.54) is 12.1 Å². The summed E-state index contributed by atoms with van der Waals surface area (Å²) in [5, 5.41) is 2.81. The maximum Gasteiger partial charge on any atom is 0.272 e. The van der Waals surface area contributed by atoms with Crippen LogP contribution in [-0.2, 0) is 7.05 Å². The minimum absolute atomic E-state index is 0.184. The third-order valence-electron chi connectivity index (χ3n) is 3.32. The zero-order valence-corrected chi connectivity index (χ0v) is 12.5. The quantitative estimate of drug-likeness (QED) is 0.784. The van der Waals surface area contributed by atoms with Gasteiger partial charge in [-0.3, -0.25) is 4.79 Å². The molecule has 0 atom stereocenters. The number of amides is 1. The summed E-state index contributed by atoms with van der Waals surface area (Å²) in [6, 6.07) is 16.4. The summed E-state index contributed by atoms with van der Waals surface area (Å²) in [6.07, 6.45) is 1.81. The van der Waals surface area contributed by atoms with Crippen LogP contribution in [0.25, 0.3) is 0 Å². The number of aryl methyl sites for hydroxylation is 1. The number of ether oxygens (including phenoxy) is 1. The van der Waals surface area contributed by atoms with E-state index in [1.54, 1.807) is 47.0 Å². The van der Waals surface area contributed by atoms with Crippen LogP contribution in [-0.4, -0.2) is 10.5 Å². The van der Waals surface area contributed by atoms with E-state index in [4.69, 9.17) is 4.74 Å². The van der Waals surface area contributed by atoms with Crippen LogP contribution in [0, 0.1) is 5.82 Å². The Hall–Kier alpha value is -3.08. The molecule has 23 heavy (non-hydrogen) atoms. The van der Waals surface area contributed by atoms with Crippen LogP contribution in [0.2, 0.25) is 0 Å². The van der Waals surface area contributed by atoms with Gasteiger partial charge in [0.2, 0.25) is 0 Å². The van der Waals surface area contributed by atoms with E-state index in [9.17, 15) is 9.18 Å². The van der Waals surface area contributed by atoms with Crippen molar-refractivity contribution in [3.63, 3.8) is 0 Å². The highest BCUT2D eigenvalue weighted by Crippen LogP contribution is 2.23. The predicted molar refractivity (Wildman–Crippen MR) is 86.3 cm³/mol. The molecule has 0 spiro atoms. The maximum atomic E-state index is 13.1. The molecule has 5 heteroatoms. The van der Waals surface area contributed by atoms with E-state index >= 15 is 0 Å². The van der Waals surface area contributed by atoms with Gasteiger partial charge in [0.25, 0.3) is 5.91 Å². The third-order valence-corrected chi connectivity index (χ3v) is 3.32. The summed E-state index contributed by atoms with van der Waals surface area (Å²) in [4.78, 5) is 12.1. The highest BCUT2D eigenvalue weighted by atomic mass is 19.1. The number of rotatable bonds is 4. The molecule has 0 aliphatic rings. The molecule has 1 N–H and O–H groups in total. The molecule has 0 unspecified atom stereocenters. The second kappa shape index (κ2) is 6.36. The van der Waals surface area contributed by atoms with Crippen LogP contribution < -0.4 is 10.1 Å². The van der Waals surface area contributed by atoms with Gasteiger partial charge in [0.05, 0.1) is 0 Å². The Morgan fingerprint density at radius 2 is 1.83 bits per heavy atom. The largest absolute Gasteiger partial charge is 0.457 e. The lowest BCUT2D eigenvalue weighted by Crippen LogP contribution is -2.15.